The van der Waals surface area contributed by atoms with Gasteiger partial charge in [0.05, 0.1) is 17.6 Å². The molecule has 2 heterocycles. The summed E-state index contributed by atoms with van der Waals surface area (Å²) in [6.07, 6.45) is 6.40. The molecule has 0 aromatic carbocycles. The first kappa shape index (κ1) is 23.3. The fraction of sp³-hybridized carbons (Fsp3) is 0.696. The van der Waals surface area contributed by atoms with Crippen molar-refractivity contribution in [1.29, 1.82) is 0 Å². The number of pyridine rings is 1. The molecule has 2 atom stereocenters. The number of aliphatic imine (C=N–C) groups is 1. The van der Waals surface area contributed by atoms with Crippen LogP contribution in [0.1, 0.15) is 45.1 Å². The average molecular weight is 431 g/mol. The number of hydrogen-bond acceptors (Lipinski definition) is 5. The Morgan fingerprint density at radius 2 is 1.90 bits per heavy atom. The summed E-state index contributed by atoms with van der Waals surface area (Å²) in [5, 5.41) is 6.73. The first-order valence-corrected chi connectivity index (χ1v) is 11.3. The van der Waals surface area contributed by atoms with E-state index in [-0.39, 0.29) is 23.5 Å². The van der Waals surface area contributed by atoms with Crippen LogP contribution in [0.2, 0.25) is 0 Å². The molecule has 172 valence electrons. The Kier molecular flexibility index (Phi) is 7.75. The van der Waals surface area contributed by atoms with Crippen molar-refractivity contribution in [3.8, 4) is 0 Å². The maximum absolute atomic E-state index is 12.8. The van der Waals surface area contributed by atoms with Crippen molar-refractivity contribution >= 4 is 17.7 Å². The number of rotatable bonds is 6. The second kappa shape index (κ2) is 10.3. The largest absolute Gasteiger partial charge is 0.372 e. The second-order valence-corrected chi connectivity index (χ2v) is 9.15. The fourth-order valence-corrected chi connectivity index (χ4v) is 4.72. The molecule has 8 heteroatoms. The van der Waals surface area contributed by atoms with Gasteiger partial charge in [-0.25, -0.2) is 4.98 Å². The number of aromatic nitrogens is 1. The first-order valence-electron chi connectivity index (χ1n) is 11.3. The molecule has 1 aliphatic carbocycles. The van der Waals surface area contributed by atoms with Gasteiger partial charge >= 0.3 is 0 Å². The van der Waals surface area contributed by atoms with E-state index in [1.54, 1.807) is 11.9 Å². The van der Waals surface area contributed by atoms with Gasteiger partial charge in [-0.2, -0.15) is 0 Å². The predicted octanol–water partition coefficient (Wildman–Crippen LogP) is 2.01. The van der Waals surface area contributed by atoms with Crippen molar-refractivity contribution in [2.45, 2.75) is 58.3 Å². The highest BCUT2D eigenvalue weighted by Gasteiger charge is 2.42. The molecule has 1 aromatic heterocycles. The Morgan fingerprint density at radius 1 is 1.23 bits per heavy atom. The van der Waals surface area contributed by atoms with Crippen LogP contribution >= 0.6 is 0 Å². The summed E-state index contributed by atoms with van der Waals surface area (Å²) in [5.41, 5.74) is 0.762. The van der Waals surface area contributed by atoms with Crippen LogP contribution in [0.4, 0.5) is 5.82 Å². The number of amides is 1. The molecule has 2 N–H and O–H groups in total. The Balaban J connectivity index is 1.53. The lowest BCUT2D eigenvalue weighted by Gasteiger charge is -2.36. The molecular weight excluding hydrogens is 392 g/mol. The summed E-state index contributed by atoms with van der Waals surface area (Å²) >= 11 is 0. The number of carbonyl (C=O) groups excluding carboxylic acids is 1. The highest BCUT2D eigenvalue weighted by molar-refractivity contribution is 5.85. The molecule has 8 nitrogen and oxygen atoms in total. The van der Waals surface area contributed by atoms with Gasteiger partial charge in [-0.1, -0.05) is 18.9 Å². The Morgan fingerprint density at radius 3 is 2.45 bits per heavy atom. The van der Waals surface area contributed by atoms with Crippen LogP contribution in [-0.4, -0.2) is 74.7 Å². The molecule has 1 saturated carbocycles. The zero-order chi connectivity index (χ0) is 22.4. The van der Waals surface area contributed by atoms with Crippen LogP contribution in [0.3, 0.4) is 0 Å². The number of carbonyl (C=O) groups is 1. The Bertz CT molecular complexity index is 748. The van der Waals surface area contributed by atoms with E-state index in [1.165, 1.54) is 0 Å². The normalized spacial score (nSPS) is 23.5. The smallest absolute Gasteiger partial charge is 0.230 e. The standard InChI is InChI=1S/C23H38N6O2/c1-17-14-29(15-18(2)31-17)20-9-8-19(12-25-20)13-26-22(24-3)27-16-23(10-6-7-11-23)21(30)28(4)5/h8-9,12,17-18H,6-7,10-11,13-16H2,1-5H3,(H2,24,26,27). The second-order valence-electron chi connectivity index (χ2n) is 9.15. The SMILES string of the molecule is CN=C(NCc1ccc(N2CC(C)OC(C)C2)nc1)NCC1(C(=O)N(C)C)CCCC1. The van der Waals surface area contributed by atoms with Gasteiger partial charge in [-0.3, -0.25) is 9.79 Å². The van der Waals surface area contributed by atoms with Crippen LogP contribution < -0.4 is 15.5 Å². The fourth-order valence-electron chi connectivity index (χ4n) is 4.72. The quantitative estimate of drug-likeness (QED) is 0.531. The number of nitrogens with zero attached hydrogens (tertiary/aromatic N) is 4. The van der Waals surface area contributed by atoms with Crippen molar-refractivity contribution < 1.29 is 9.53 Å². The molecule has 3 rings (SSSR count). The van der Waals surface area contributed by atoms with E-state index < -0.39 is 0 Å². The lowest BCUT2D eigenvalue weighted by molar-refractivity contribution is -0.138. The third-order valence-corrected chi connectivity index (χ3v) is 6.25. The van der Waals surface area contributed by atoms with Crippen LogP contribution in [0.5, 0.6) is 0 Å². The van der Waals surface area contributed by atoms with Gasteiger partial charge in [0, 0.05) is 53.5 Å². The van der Waals surface area contributed by atoms with Gasteiger partial charge in [0.25, 0.3) is 0 Å². The molecule has 31 heavy (non-hydrogen) atoms. The third-order valence-electron chi connectivity index (χ3n) is 6.25. The van der Waals surface area contributed by atoms with Crippen LogP contribution in [0, 0.1) is 5.41 Å². The van der Waals surface area contributed by atoms with Gasteiger partial charge in [-0.15, -0.1) is 0 Å². The zero-order valence-corrected chi connectivity index (χ0v) is 19.6. The van der Waals surface area contributed by atoms with E-state index in [2.05, 4.69) is 51.5 Å². The van der Waals surface area contributed by atoms with Gasteiger partial charge in [0.2, 0.25) is 5.91 Å². The van der Waals surface area contributed by atoms with Gasteiger partial charge in [-0.05, 0) is 38.3 Å². The number of nitrogens with one attached hydrogen (secondary N) is 2. The maximum atomic E-state index is 12.8. The number of guanidine groups is 1. The van der Waals surface area contributed by atoms with Gasteiger partial charge in [0.15, 0.2) is 5.96 Å². The van der Waals surface area contributed by atoms with E-state index in [9.17, 15) is 4.79 Å². The molecule has 0 bridgehead atoms. The first-order chi connectivity index (χ1) is 14.8. The molecule has 2 unspecified atom stereocenters. The summed E-state index contributed by atoms with van der Waals surface area (Å²) in [4.78, 5) is 25.7. The number of hydrogen-bond donors (Lipinski definition) is 2. The molecule has 1 aromatic rings. The summed E-state index contributed by atoms with van der Waals surface area (Å²) in [7, 11) is 5.43. The predicted molar refractivity (Wildman–Crippen MR) is 124 cm³/mol. The lowest BCUT2D eigenvalue weighted by Crippen LogP contribution is -2.49. The molecule has 0 radical (unpaired) electrons. The number of ether oxygens (including phenoxy) is 1. The van der Waals surface area contributed by atoms with E-state index in [4.69, 9.17) is 4.74 Å². The van der Waals surface area contributed by atoms with Crippen molar-refractivity contribution in [1.82, 2.24) is 20.5 Å². The minimum atomic E-state index is -0.323. The highest BCUT2D eigenvalue weighted by Crippen LogP contribution is 2.38. The summed E-state index contributed by atoms with van der Waals surface area (Å²) in [5.74, 6) is 1.90. The number of morpholine rings is 1. The molecule has 0 spiro atoms. The number of anilines is 1. The van der Waals surface area contributed by atoms with E-state index in [0.717, 1.165) is 50.2 Å². The van der Waals surface area contributed by atoms with Crippen molar-refractivity contribution in [3.05, 3.63) is 23.9 Å². The summed E-state index contributed by atoms with van der Waals surface area (Å²) in [6, 6.07) is 4.17. The van der Waals surface area contributed by atoms with Crippen LogP contribution in [-0.2, 0) is 16.1 Å². The molecular formula is C23H38N6O2. The lowest BCUT2D eigenvalue weighted by atomic mass is 9.84. The monoisotopic (exact) mass is 430 g/mol. The Labute approximate surface area is 186 Å². The Hall–Kier alpha value is -2.35. The van der Waals surface area contributed by atoms with Gasteiger partial charge in [0.1, 0.15) is 5.82 Å². The van der Waals surface area contributed by atoms with Crippen molar-refractivity contribution in [2.75, 3.05) is 45.7 Å². The minimum Gasteiger partial charge on any atom is -0.372 e. The summed E-state index contributed by atoms with van der Waals surface area (Å²) in [6.45, 7) is 7.15. The van der Waals surface area contributed by atoms with Gasteiger partial charge < -0.3 is 25.2 Å². The zero-order valence-electron chi connectivity index (χ0n) is 19.6. The molecule has 2 aliphatic rings. The third kappa shape index (κ3) is 5.87. The van der Waals surface area contributed by atoms with Crippen LogP contribution in [0.25, 0.3) is 0 Å². The topological polar surface area (TPSA) is 82.1 Å². The van der Waals surface area contributed by atoms with E-state index >= 15 is 0 Å². The van der Waals surface area contributed by atoms with Crippen molar-refractivity contribution in [2.24, 2.45) is 10.4 Å². The van der Waals surface area contributed by atoms with E-state index in [1.807, 2.05) is 20.3 Å². The average Bonchev–Trinajstić information content (AvgIpc) is 3.23. The minimum absolute atomic E-state index is 0.208. The molecule has 1 saturated heterocycles. The van der Waals surface area contributed by atoms with Crippen LogP contribution in [0.15, 0.2) is 23.3 Å². The molecule has 1 amide bonds. The molecule has 1 aliphatic heterocycles. The van der Waals surface area contributed by atoms with Crippen molar-refractivity contribution in [3.63, 3.8) is 0 Å². The maximum Gasteiger partial charge on any atom is 0.230 e. The summed E-state index contributed by atoms with van der Waals surface area (Å²) < 4.78 is 5.81. The highest BCUT2D eigenvalue weighted by atomic mass is 16.5. The van der Waals surface area contributed by atoms with E-state index in [0.29, 0.717) is 19.0 Å². The molecule has 2 fully saturated rings.